The molecule has 0 unspecified atom stereocenters. The highest BCUT2D eigenvalue weighted by Gasteiger charge is 2.75. The van der Waals surface area contributed by atoms with E-state index >= 15 is 0 Å². The van der Waals surface area contributed by atoms with E-state index < -0.39 is 5.60 Å². The van der Waals surface area contributed by atoms with Crippen molar-refractivity contribution in [3.8, 4) is 11.9 Å². The average Bonchev–Trinajstić information content (AvgIpc) is 3.71. The Labute approximate surface area is 205 Å². The van der Waals surface area contributed by atoms with Gasteiger partial charge in [-0.1, -0.05) is 26.0 Å². The van der Waals surface area contributed by atoms with Gasteiger partial charge in [0.25, 0.3) is 0 Å². The summed E-state index contributed by atoms with van der Waals surface area (Å²) in [6.45, 7) is 7.79. The van der Waals surface area contributed by atoms with E-state index in [-0.39, 0.29) is 22.7 Å². The number of aliphatic hydroxyl groups is 1. The van der Waals surface area contributed by atoms with Crippen LogP contribution in [0.2, 0.25) is 0 Å². The maximum absolute atomic E-state index is 10.9. The number of anilines is 1. The number of fused-ring (bicyclic) bond motifs is 1. The van der Waals surface area contributed by atoms with Crippen molar-refractivity contribution in [3.63, 3.8) is 0 Å². The average molecular weight is 473 g/mol. The summed E-state index contributed by atoms with van der Waals surface area (Å²) >= 11 is 0. The predicted octanol–water partition coefficient (Wildman–Crippen LogP) is 3.75. The van der Waals surface area contributed by atoms with Crippen LogP contribution in [-0.4, -0.2) is 50.7 Å². The molecule has 182 valence electrons. The molecular weight excluding hydrogens is 440 g/mol. The van der Waals surface area contributed by atoms with Gasteiger partial charge in [-0.05, 0) is 43.2 Å². The Bertz CT molecular complexity index is 1340. The number of methoxy groups -OCH3 is 1. The summed E-state index contributed by atoms with van der Waals surface area (Å²) < 4.78 is 7.22. The van der Waals surface area contributed by atoms with Crippen LogP contribution in [0.5, 0.6) is 0 Å². The van der Waals surface area contributed by atoms with Crippen LogP contribution in [0.4, 0.5) is 5.82 Å². The molecule has 1 spiro atoms. The SMILES string of the molecule is COCc1nc(N2C[C@H](C)C(C)(O)[C@@H](C)C2)cc(-n2ncc3ccc([C@]4(C#N)CC45CC5)cc32)n1. The lowest BCUT2D eigenvalue weighted by Crippen LogP contribution is -2.55. The first-order valence-electron chi connectivity index (χ1n) is 12.5. The quantitative estimate of drug-likeness (QED) is 0.604. The van der Waals surface area contributed by atoms with E-state index in [0.717, 1.165) is 41.5 Å². The number of aromatic nitrogens is 4. The second-order valence-corrected chi connectivity index (χ2v) is 11.2. The summed E-state index contributed by atoms with van der Waals surface area (Å²) in [4.78, 5) is 11.8. The zero-order valence-electron chi connectivity index (χ0n) is 20.8. The van der Waals surface area contributed by atoms with Crippen LogP contribution in [0.1, 0.15) is 51.4 Å². The first kappa shape index (κ1) is 22.4. The Kier molecular flexibility index (Phi) is 4.80. The molecule has 8 heteroatoms. The summed E-state index contributed by atoms with van der Waals surface area (Å²) in [6.07, 6.45) is 5.10. The van der Waals surface area contributed by atoms with E-state index in [4.69, 9.17) is 14.7 Å². The number of rotatable bonds is 5. The fraction of sp³-hybridized carbons (Fsp3) is 0.556. The van der Waals surface area contributed by atoms with E-state index in [9.17, 15) is 10.4 Å². The third-order valence-electron chi connectivity index (χ3n) is 9.04. The predicted molar refractivity (Wildman–Crippen MR) is 132 cm³/mol. The smallest absolute Gasteiger partial charge is 0.159 e. The van der Waals surface area contributed by atoms with Crippen molar-refractivity contribution in [2.45, 2.75) is 57.7 Å². The Balaban J connectivity index is 1.42. The molecule has 6 rings (SSSR count). The number of nitriles is 1. The van der Waals surface area contributed by atoms with E-state index in [2.05, 4.69) is 48.1 Å². The molecule has 3 heterocycles. The number of nitrogens with zero attached hydrogens (tertiary/aromatic N) is 6. The van der Waals surface area contributed by atoms with Gasteiger partial charge in [0.05, 0.1) is 28.8 Å². The van der Waals surface area contributed by atoms with Crippen LogP contribution >= 0.6 is 0 Å². The van der Waals surface area contributed by atoms with Crippen LogP contribution in [-0.2, 0) is 16.8 Å². The van der Waals surface area contributed by atoms with Gasteiger partial charge in [-0.25, -0.2) is 14.6 Å². The molecule has 35 heavy (non-hydrogen) atoms. The number of piperidine rings is 1. The molecule has 0 bridgehead atoms. The van der Waals surface area contributed by atoms with Gasteiger partial charge in [-0.15, -0.1) is 0 Å². The molecular formula is C27H32N6O2. The molecule has 3 atom stereocenters. The van der Waals surface area contributed by atoms with Crippen molar-refractivity contribution in [1.82, 2.24) is 19.7 Å². The van der Waals surface area contributed by atoms with Crippen molar-refractivity contribution in [1.29, 1.82) is 5.26 Å². The van der Waals surface area contributed by atoms with Crippen molar-refractivity contribution in [3.05, 3.63) is 41.9 Å². The Morgan fingerprint density at radius 2 is 1.86 bits per heavy atom. The molecule has 2 aliphatic carbocycles. The maximum Gasteiger partial charge on any atom is 0.159 e. The third kappa shape index (κ3) is 3.29. The zero-order valence-corrected chi connectivity index (χ0v) is 20.8. The number of benzene rings is 1. The summed E-state index contributed by atoms with van der Waals surface area (Å²) in [5, 5.41) is 26.6. The highest BCUT2D eigenvalue weighted by atomic mass is 16.5. The summed E-state index contributed by atoms with van der Waals surface area (Å²) in [5.41, 5.74) is 1.16. The Morgan fingerprint density at radius 3 is 2.49 bits per heavy atom. The van der Waals surface area contributed by atoms with Crippen LogP contribution in [0.15, 0.2) is 30.5 Å². The lowest BCUT2D eigenvalue weighted by Gasteiger charge is -2.46. The second-order valence-electron chi connectivity index (χ2n) is 11.2. The van der Waals surface area contributed by atoms with E-state index in [1.165, 1.54) is 0 Å². The molecule has 1 aromatic carbocycles. The third-order valence-corrected chi connectivity index (χ3v) is 9.04. The fourth-order valence-corrected chi connectivity index (χ4v) is 6.03. The molecule has 3 aromatic rings. The largest absolute Gasteiger partial charge is 0.389 e. The van der Waals surface area contributed by atoms with Gasteiger partial charge in [-0.2, -0.15) is 10.4 Å². The maximum atomic E-state index is 10.9. The summed E-state index contributed by atoms with van der Waals surface area (Å²) in [7, 11) is 1.64. The van der Waals surface area contributed by atoms with Gasteiger partial charge in [0.1, 0.15) is 12.4 Å². The normalized spacial score (nSPS) is 28.3. The number of ether oxygens (including phenoxy) is 1. The minimum atomic E-state index is -0.714. The fourth-order valence-electron chi connectivity index (χ4n) is 6.03. The van der Waals surface area contributed by atoms with Crippen molar-refractivity contribution in [2.75, 3.05) is 25.1 Å². The molecule has 8 nitrogen and oxygen atoms in total. The molecule has 1 saturated heterocycles. The first-order valence-corrected chi connectivity index (χ1v) is 12.5. The van der Waals surface area contributed by atoms with E-state index in [1.807, 2.05) is 23.9 Å². The molecule has 3 fully saturated rings. The molecule has 3 aliphatic rings. The van der Waals surface area contributed by atoms with Crippen LogP contribution in [0.25, 0.3) is 16.7 Å². The number of hydrogen-bond donors (Lipinski definition) is 1. The summed E-state index contributed by atoms with van der Waals surface area (Å²) in [6, 6.07) is 10.9. The van der Waals surface area contributed by atoms with Gasteiger partial charge >= 0.3 is 0 Å². The van der Waals surface area contributed by atoms with Gasteiger partial charge in [0.2, 0.25) is 0 Å². The van der Waals surface area contributed by atoms with Crippen LogP contribution in [0.3, 0.4) is 0 Å². The molecule has 0 radical (unpaired) electrons. The van der Waals surface area contributed by atoms with E-state index in [1.54, 1.807) is 7.11 Å². The highest BCUT2D eigenvalue weighted by molar-refractivity contribution is 5.82. The standard InChI is InChI=1S/C27H32N6O2/c1-17-12-32(13-18(2)25(17,3)34)23-10-24(31-22(30-23)14-35-4)33-21-9-20(6-5-19(21)11-29-33)27(16-28)15-26(27)7-8-26/h5-6,9-11,17-18,34H,7-8,12-15H2,1-4H3/t17-,18-,27+/m0/s1. The van der Waals surface area contributed by atoms with Gasteiger partial charge in [0, 0.05) is 43.5 Å². The van der Waals surface area contributed by atoms with Gasteiger partial charge in [0.15, 0.2) is 11.6 Å². The molecule has 1 aliphatic heterocycles. The Hall–Kier alpha value is -3.02. The minimum absolute atomic E-state index is 0.0964. The van der Waals surface area contributed by atoms with Crippen molar-refractivity contribution < 1.29 is 9.84 Å². The lowest BCUT2D eigenvalue weighted by molar-refractivity contribution is -0.0504. The zero-order chi connectivity index (χ0) is 24.6. The van der Waals surface area contributed by atoms with E-state index in [0.29, 0.717) is 31.3 Å². The molecule has 0 amide bonds. The monoisotopic (exact) mass is 472 g/mol. The molecule has 1 N–H and O–H groups in total. The lowest BCUT2D eigenvalue weighted by atomic mass is 9.76. The topological polar surface area (TPSA) is 100 Å². The molecule has 2 aromatic heterocycles. The van der Waals surface area contributed by atoms with Gasteiger partial charge in [-0.3, -0.25) is 0 Å². The number of hydrogen-bond acceptors (Lipinski definition) is 7. The summed E-state index contributed by atoms with van der Waals surface area (Å²) in [5.74, 6) is 2.27. The van der Waals surface area contributed by atoms with Crippen LogP contribution in [0, 0.1) is 28.6 Å². The molecule has 2 saturated carbocycles. The highest BCUT2D eigenvalue weighted by Crippen LogP contribution is 2.78. The first-order chi connectivity index (χ1) is 16.7. The van der Waals surface area contributed by atoms with Crippen molar-refractivity contribution >= 4 is 16.7 Å². The van der Waals surface area contributed by atoms with Gasteiger partial charge < -0.3 is 14.7 Å². The second kappa shape index (κ2) is 7.49. The minimum Gasteiger partial charge on any atom is -0.389 e. The Morgan fingerprint density at radius 1 is 1.14 bits per heavy atom. The van der Waals surface area contributed by atoms with Crippen molar-refractivity contribution in [2.24, 2.45) is 17.3 Å². The van der Waals surface area contributed by atoms with Crippen LogP contribution < -0.4 is 4.90 Å².